The first-order valence-corrected chi connectivity index (χ1v) is 12.4. The smallest absolute Gasteiger partial charge is 0.241 e. The van der Waals surface area contributed by atoms with Crippen LogP contribution in [0, 0.1) is 12.7 Å². The molecule has 0 saturated carbocycles. The molecular formula is C21H27FN2O4S2. The Labute approximate surface area is 181 Å². The molecule has 2 N–H and O–H groups in total. The number of carbonyl (C=O) groups excluding carboxylic acids is 1. The van der Waals surface area contributed by atoms with Crippen molar-refractivity contribution in [2.45, 2.75) is 30.7 Å². The van der Waals surface area contributed by atoms with Gasteiger partial charge in [-0.15, -0.1) is 0 Å². The van der Waals surface area contributed by atoms with Crippen LogP contribution in [0.3, 0.4) is 0 Å². The van der Waals surface area contributed by atoms with E-state index in [0.29, 0.717) is 37.5 Å². The maximum atomic E-state index is 12.9. The Bertz CT molecular complexity index is 904. The maximum Gasteiger partial charge on any atom is 0.241 e. The van der Waals surface area contributed by atoms with Crippen LogP contribution >= 0.6 is 11.8 Å². The molecule has 6 nitrogen and oxygen atoms in total. The zero-order valence-corrected chi connectivity index (χ0v) is 18.7. The van der Waals surface area contributed by atoms with Crippen LogP contribution in [0.1, 0.15) is 18.4 Å². The number of nitrogens with one attached hydrogen (secondary N) is 2. The summed E-state index contributed by atoms with van der Waals surface area (Å²) in [6.07, 6.45) is 2.81. The van der Waals surface area contributed by atoms with E-state index >= 15 is 0 Å². The molecule has 30 heavy (non-hydrogen) atoms. The molecule has 0 fully saturated rings. The van der Waals surface area contributed by atoms with Crippen LogP contribution in [0.5, 0.6) is 5.75 Å². The van der Waals surface area contributed by atoms with Gasteiger partial charge in [0.25, 0.3) is 0 Å². The molecule has 2 aromatic carbocycles. The normalized spacial score (nSPS) is 12.4. The number of halogens is 1. The lowest BCUT2D eigenvalue weighted by molar-refractivity contribution is -0.122. The molecule has 0 heterocycles. The van der Waals surface area contributed by atoms with Gasteiger partial charge in [0.1, 0.15) is 17.6 Å². The highest BCUT2D eigenvalue weighted by Crippen LogP contribution is 2.13. The van der Waals surface area contributed by atoms with E-state index in [1.807, 2.05) is 13.2 Å². The van der Waals surface area contributed by atoms with Crippen LogP contribution < -0.4 is 14.8 Å². The van der Waals surface area contributed by atoms with Crippen molar-refractivity contribution in [3.63, 3.8) is 0 Å². The predicted octanol–water partition coefficient (Wildman–Crippen LogP) is 3.12. The fraction of sp³-hybridized carbons (Fsp3) is 0.381. The highest BCUT2D eigenvalue weighted by molar-refractivity contribution is 7.98. The van der Waals surface area contributed by atoms with Crippen molar-refractivity contribution in [1.29, 1.82) is 0 Å². The second-order valence-electron chi connectivity index (χ2n) is 6.72. The first-order chi connectivity index (χ1) is 14.3. The van der Waals surface area contributed by atoms with Gasteiger partial charge in [-0.25, -0.2) is 12.8 Å². The summed E-state index contributed by atoms with van der Waals surface area (Å²) >= 11 is 1.54. The van der Waals surface area contributed by atoms with Gasteiger partial charge in [0.05, 0.1) is 11.5 Å². The minimum atomic E-state index is -3.80. The summed E-state index contributed by atoms with van der Waals surface area (Å²) in [4.78, 5) is 12.7. The molecule has 0 aromatic heterocycles. The molecule has 2 rings (SSSR count). The lowest BCUT2D eigenvalue weighted by Gasteiger charge is -2.18. The number of aryl methyl sites for hydroxylation is 1. The quantitative estimate of drug-likeness (QED) is 0.482. The summed E-state index contributed by atoms with van der Waals surface area (Å²) < 4.78 is 46.1. The topological polar surface area (TPSA) is 84.5 Å². The largest absolute Gasteiger partial charge is 0.494 e. The van der Waals surface area contributed by atoms with Gasteiger partial charge < -0.3 is 10.1 Å². The number of amides is 1. The van der Waals surface area contributed by atoms with E-state index in [4.69, 9.17) is 4.74 Å². The Morgan fingerprint density at radius 2 is 1.80 bits per heavy atom. The van der Waals surface area contributed by atoms with Crippen LogP contribution in [0.25, 0.3) is 0 Å². The van der Waals surface area contributed by atoms with Gasteiger partial charge in [0, 0.05) is 6.54 Å². The molecule has 0 bridgehead atoms. The average Bonchev–Trinajstić information content (AvgIpc) is 2.72. The molecule has 1 amide bonds. The van der Waals surface area contributed by atoms with Crippen molar-refractivity contribution >= 4 is 27.7 Å². The number of hydrogen-bond acceptors (Lipinski definition) is 5. The third-order valence-corrected chi connectivity index (χ3v) is 6.39. The lowest BCUT2D eigenvalue weighted by Crippen LogP contribution is -2.47. The Balaban J connectivity index is 1.86. The summed E-state index contributed by atoms with van der Waals surface area (Å²) in [6, 6.07) is 11.3. The van der Waals surface area contributed by atoms with E-state index in [1.165, 1.54) is 36.4 Å². The summed E-state index contributed by atoms with van der Waals surface area (Å²) in [5.41, 5.74) is 0.952. The summed E-state index contributed by atoms with van der Waals surface area (Å²) in [7, 11) is -3.80. The third-order valence-electron chi connectivity index (χ3n) is 4.26. The number of hydrogen-bond donors (Lipinski definition) is 2. The van der Waals surface area contributed by atoms with Gasteiger partial charge in [-0.3, -0.25) is 4.79 Å². The van der Waals surface area contributed by atoms with Crippen molar-refractivity contribution in [3.05, 3.63) is 59.9 Å². The van der Waals surface area contributed by atoms with Gasteiger partial charge in [0.15, 0.2) is 0 Å². The van der Waals surface area contributed by atoms with E-state index in [-0.39, 0.29) is 16.6 Å². The molecule has 2 aromatic rings. The zero-order valence-electron chi connectivity index (χ0n) is 17.1. The molecule has 0 aliphatic heterocycles. The SMILES string of the molecule is CSCCC(NS(=O)(=O)c1ccc(C)cc1)C(=O)NCCCOc1ccc(F)cc1. The van der Waals surface area contributed by atoms with E-state index in [1.54, 1.807) is 23.9 Å². The molecule has 0 aliphatic rings. The third kappa shape index (κ3) is 7.97. The molecule has 1 atom stereocenters. The first-order valence-electron chi connectivity index (χ1n) is 9.56. The summed E-state index contributed by atoms with van der Waals surface area (Å²) in [6.45, 7) is 2.55. The highest BCUT2D eigenvalue weighted by atomic mass is 32.2. The summed E-state index contributed by atoms with van der Waals surface area (Å²) in [5.74, 6) is 0.481. The maximum absolute atomic E-state index is 12.9. The van der Waals surface area contributed by atoms with Gasteiger partial charge >= 0.3 is 0 Å². The van der Waals surface area contributed by atoms with Gasteiger partial charge in [-0.05, 0) is 68.2 Å². The second kappa shape index (κ2) is 11.9. The number of ether oxygens (including phenoxy) is 1. The van der Waals surface area contributed by atoms with Crippen LogP contribution in [-0.4, -0.2) is 45.5 Å². The van der Waals surface area contributed by atoms with Crippen molar-refractivity contribution in [2.24, 2.45) is 0 Å². The zero-order chi connectivity index (χ0) is 22.0. The van der Waals surface area contributed by atoms with Crippen molar-refractivity contribution in [2.75, 3.05) is 25.2 Å². The number of thioether (sulfide) groups is 1. The summed E-state index contributed by atoms with van der Waals surface area (Å²) in [5, 5.41) is 2.76. The Hall–Kier alpha value is -2.10. The fourth-order valence-electron chi connectivity index (χ4n) is 2.58. The van der Waals surface area contributed by atoms with Crippen molar-refractivity contribution in [1.82, 2.24) is 10.0 Å². The first kappa shape index (κ1) is 24.2. The molecule has 0 aliphatic carbocycles. The van der Waals surface area contributed by atoms with Crippen molar-refractivity contribution < 1.29 is 22.3 Å². The van der Waals surface area contributed by atoms with Crippen LogP contribution in [0.4, 0.5) is 4.39 Å². The Morgan fingerprint density at radius 3 is 2.43 bits per heavy atom. The number of sulfonamides is 1. The number of benzene rings is 2. The van der Waals surface area contributed by atoms with E-state index in [2.05, 4.69) is 10.0 Å². The minimum absolute atomic E-state index is 0.128. The van der Waals surface area contributed by atoms with Crippen molar-refractivity contribution in [3.8, 4) is 5.75 Å². The number of rotatable bonds is 12. The van der Waals surface area contributed by atoms with Crippen LogP contribution in [-0.2, 0) is 14.8 Å². The van der Waals surface area contributed by atoms with Gasteiger partial charge in [-0.2, -0.15) is 16.5 Å². The molecule has 164 valence electrons. The van der Waals surface area contributed by atoms with E-state index in [0.717, 1.165) is 5.56 Å². The Morgan fingerprint density at radius 1 is 1.13 bits per heavy atom. The Kier molecular flexibility index (Phi) is 9.61. The molecule has 0 saturated heterocycles. The lowest BCUT2D eigenvalue weighted by atomic mass is 10.2. The molecule has 0 spiro atoms. The van der Waals surface area contributed by atoms with Crippen LogP contribution in [0.2, 0.25) is 0 Å². The average molecular weight is 455 g/mol. The van der Waals surface area contributed by atoms with Gasteiger partial charge in [-0.1, -0.05) is 17.7 Å². The highest BCUT2D eigenvalue weighted by Gasteiger charge is 2.25. The number of carbonyl (C=O) groups is 1. The molecule has 9 heteroatoms. The standard InChI is InChI=1S/C21H27FN2O4S2/c1-16-4-10-19(11-5-16)30(26,27)24-20(12-15-29-2)21(25)23-13-3-14-28-18-8-6-17(22)7-9-18/h4-11,20,24H,3,12-15H2,1-2H3,(H,23,25). The van der Waals surface area contributed by atoms with E-state index in [9.17, 15) is 17.6 Å². The second-order valence-corrected chi connectivity index (χ2v) is 9.41. The monoisotopic (exact) mass is 454 g/mol. The minimum Gasteiger partial charge on any atom is -0.494 e. The molecular weight excluding hydrogens is 427 g/mol. The fourth-order valence-corrected chi connectivity index (χ4v) is 4.28. The van der Waals surface area contributed by atoms with Gasteiger partial charge in [0.2, 0.25) is 15.9 Å². The molecule has 0 radical (unpaired) electrons. The molecule has 1 unspecified atom stereocenters. The van der Waals surface area contributed by atoms with Crippen LogP contribution in [0.15, 0.2) is 53.4 Å². The predicted molar refractivity (Wildman–Crippen MR) is 118 cm³/mol. The van der Waals surface area contributed by atoms with E-state index < -0.39 is 16.1 Å².